The molecule has 0 bridgehead atoms. The van der Waals surface area contributed by atoms with Crippen molar-refractivity contribution in [3.63, 3.8) is 0 Å². The van der Waals surface area contributed by atoms with Gasteiger partial charge in [0.15, 0.2) is 4.90 Å². The maximum atomic E-state index is 13.4. The molecule has 0 aliphatic carbocycles. The van der Waals surface area contributed by atoms with Crippen LogP contribution < -0.4 is 10.5 Å². The van der Waals surface area contributed by atoms with Crippen LogP contribution in [0.25, 0.3) is 0 Å². The van der Waals surface area contributed by atoms with E-state index in [-0.39, 0.29) is 23.1 Å². The van der Waals surface area contributed by atoms with E-state index in [1.165, 1.54) is 12.4 Å². The summed E-state index contributed by atoms with van der Waals surface area (Å²) in [4.78, 5) is 17.0. The quantitative estimate of drug-likeness (QED) is 0.478. The maximum Gasteiger partial charge on any atom is 0.421 e. The molecule has 7 nitrogen and oxygen atoms in total. The third-order valence-corrected chi connectivity index (χ3v) is 6.41. The number of fused-ring (bicyclic) bond motifs is 1. The second-order valence-electron chi connectivity index (χ2n) is 6.39. The minimum Gasteiger partial charge on any atom is -0.605 e. The Morgan fingerprint density at radius 1 is 1.23 bits per heavy atom. The number of H-pyrrole nitrogens is 1. The number of rotatable bonds is 3. The summed E-state index contributed by atoms with van der Waals surface area (Å²) in [5, 5.41) is 5.95. The molecule has 1 atom stereocenters. The van der Waals surface area contributed by atoms with Crippen LogP contribution in [0.2, 0.25) is 5.02 Å². The molecule has 0 spiro atoms. The third-order valence-electron chi connectivity index (χ3n) is 4.58. The van der Waals surface area contributed by atoms with Crippen LogP contribution in [0, 0.1) is 5.82 Å². The lowest BCUT2D eigenvalue weighted by atomic mass is 10.2. The van der Waals surface area contributed by atoms with E-state index in [0.717, 1.165) is 12.1 Å². The molecule has 1 aliphatic rings. The molecule has 30 heavy (non-hydrogen) atoms. The predicted octanol–water partition coefficient (Wildman–Crippen LogP) is 2.96. The Bertz CT molecular complexity index is 1170. The fraction of sp³-hybridized carbons (Fsp3) is 0.235. The first kappa shape index (κ1) is 20.7. The molecule has 3 heterocycles. The van der Waals surface area contributed by atoms with Gasteiger partial charge in [0.05, 0.1) is 18.4 Å². The zero-order valence-electron chi connectivity index (χ0n) is 14.9. The van der Waals surface area contributed by atoms with Crippen LogP contribution in [0.4, 0.5) is 23.2 Å². The molecule has 1 aromatic carbocycles. The number of halogens is 5. The minimum absolute atomic E-state index is 0.0464. The van der Waals surface area contributed by atoms with Gasteiger partial charge in [0.25, 0.3) is 10.6 Å². The Morgan fingerprint density at radius 3 is 2.73 bits per heavy atom. The van der Waals surface area contributed by atoms with Gasteiger partial charge in [0.2, 0.25) is 0 Å². The van der Waals surface area contributed by atoms with Crippen LogP contribution in [0.3, 0.4) is 0 Å². The highest BCUT2D eigenvalue weighted by Crippen LogP contribution is 2.37. The molecule has 4 rings (SSSR count). The van der Waals surface area contributed by atoms with Crippen molar-refractivity contribution in [2.24, 2.45) is 0 Å². The number of aromatic nitrogens is 4. The Balaban J connectivity index is 1.67. The van der Waals surface area contributed by atoms with E-state index in [0.29, 0.717) is 24.1 Å². The molecular formula is C17H12ClF4N5O2S. The number of aromatic amines is 1. The summed E-state index contributed by atoms with van der Waals surface area (Å²) in [7, 11) is 0. The van der Waals surface area contributed by atoms with Gasteiger partial charge in [-0.05, 0) is 18.2 Å². The molecule has 158 valence electrons. The average Bonchev–Trinajstić information content (AvgIpc) is 3.12. The zero-order valence-corrected chi connectivity index (χ0v) is 16.5. The van der Waals surface area contributed by atoms with Gasteiger partial charge in [-0.3, -0.25) is 9.36 Å². The lowest BCUT2D eigenvalue weighted by Gasteiger charge is -2.30. The predicted molar refractivity (Wildman–Crippen MR) is 99.2 cm³/mol. The summed E-state index contributed by atoms with van der Waals surface area (Å²) in [6, 6.07) is 2.02. The summed E-state index contributed by atoms with van der Waals surface area (Å²) < 4.78 is 67.8. The molecule has 0 amide bonds. The van der Waals surface area contributed by atoms with E-state index >= 15 is 0 Å². The summed E-state index contributed by atoms with van der Waals surface area (Å²) in [5.74, 6) is -0.644. The van der Waals surface area contributed by atoms with Crippen molar-refractivity contribution < 1.29 is 22.1 Å². The largest absolute Gasteiger partial charge is 0.605 e. The molecule has 0 fully saturated rings. The van der Waals surface area contributed by atoms with Crippen molar-refractivity contribution in [1.29, 1.82) is 0 Å². The van der Waals surface area contributed by atoms with Gasteiger partial charge in [-0.15, -0.1) is 0 Å². The number of nitrogens with one attached hydrogen (secondary N) is 1. The standard InChI is InChI=1S/C17H12ClF4N5O2S/c18-15-11(6-24-25-16(15)28)26-3-4-27-13(8-26)23-7-14(27)30(29)12-2-1-9(19)5-10(12)17(20,21)22/h1-2,5-7H,3-4,8H2,(H,25,28). The van der Waals surface area contributed by atoms with Gasteiger partial charge in [0, 0.05) is 24.3 Å². The van der Waals surface area contributed by atoms with Crippen molar-refractivity contribution in [1.82, 2.24) is 19.7 Å². The molecule has 0 saturated heterocycles. The Kier molecular flexibility index (Phi) is 5.24. The molecule has 1 unspecified atom stereocenters. The van der Waals surface area contributed by atoms with Crippen LogP contribution in [-0.4, -0.2) is 30.8 Å². The number of benzene rings is 1. The first-order valence-electron chi connectivity index (χ1n) is 8.48. The molecule has 2 aromatic heterocycles. The summed E-state index contributed by atoms with van der Waals surface area (Å²) >= 11 is 3.79. The minimum atomic E-state index is -4.86. The molecule has 13 heteroatoms. The molecule has 1 aliphatic heterocycles. The van der Waals surface area contributed by atoms with Crippen LogP contribution >= 0.6 is 11.6 Å². The SMILES string of the molecule is O=c1[nH]ncc(N2CCn3c([S+]([O-])c4ccc(F)cc4C(F)(F)F)cnc3C2)c1Cl. The number of anilines is 1. The van der Waals surface area contributed by atoms with Gasteiger partial charge in [-0.1, -0.05) is 11.6 Å². The number of hydrogen-bond donors (Lipinski definition) is 1. The van der Waals surface area contributed by atoms with E-state index in [1.807, 2.05) is 0 Å². The summed E-state index contributed by atoms with van der Waals surface area (Å²) in [5.41, 5.74) is -1.47. The lowest BCUT2D eigenvalue weighted by Crippen LogP contribution is -2.35. The Labute approximate surface area is 174 Å². The number of imidazole rings is 1. The zero-order chi connectivity index (χ0) is 21.6. The summed E-state index contributed by atoms with van der Waals surface area (Å²) in [6.45, 7) is 0.744. The highest BCUT2D eigenvalue weighted by molar-refractivity contribution is 7.91. The number of nitrogens with zero attached hydrogens (tertiary/aromatic N) is 4. The van der Waals surface area contributed by atoms with Crippen molar-refractivity contribution in [3.8, 4) is 0 Å². The number of hydrogen-bond acceptors (Lipinski definition) is 5. The van der Waals surface area contributed by atoms with Crippen LogP contribution in [0.1, 0.15) is 11.4 Å². The van der Waals surface area contributed by atoms with Crippen molar-refractivity contribution in [3.05, 3.63) is 63.2 Å². The van der Waals surface area contributed by atoms with Gasteiger partial charge in [-0.25, -0.2) is 14.5 Å². The molecule has 0 radical (unpaired) electrons. The molecular weight excluding hydrogens is 450 g/mol. The Hall–Kier alpha value is -2.57. The monoisotopic (exact) mass is 461 g/mol. The Morgan fingerprint density at radius 2 is 2.00 bits per heavy atom. The molecule has 3 aromatic rings. The van der Waals surface area contributed by atoms with Crippen molar-refractivity contribution in [2.45, 2.75) is 29.2 Å². The molecule has 0 saturated carbocycles. The summed E-state index contributed by atoms with van der Waals surface area (Å²) in [6.07, 6.45) is -2.25. The van der Waals surface area contributed by atoms with Crippen LogP contribution in [0.5, 0.6) is 0 Å². The first-order chi connectivity index (χ1) is 14.2. The molecule has 1 N–H and O–H groups in total. The van der Waals surface area contributed by atoms with Crippen LogP contribution in [-0.2, 0) is 30.4 Å². The number of alkyl halides is 3. The first-order valence-corrected chi connectivity index (χ1v) is 10.0. The lowest BCUT2D eigenvalue weighted by molar-refractivity contribution is -0.140. The van der Waals surface area contributed by atoms with Gasteiger partial charge < -0.3 is 9.45 Å². The fourth-order valence-corrected chi connectivity index (χ4v) is 4.73. The normalized spacial score (nSPS) is 15.2. The van der Waals surface area contributed by atoms with Gasteiger partial charge in [0.1, 0.15) is 28.4 Å². The van der Waals surface area contributed by atoms with E-state index < -0.39 is 39.2 Å². The average molecular weight is 462 g/mol. The fourth-order valence-electron chi connectivity index (χ4n) is 3.18. The highest BCUT2D eigenvalue weighted by atomic mass is 35.5. The second kappa shape index (κ2) is 7.60. The van der Waals surface area contributed by atoms with Gasteiger partial charge in [-0.2, -0.15) is 18.3 Å². The van der Waals surface area contributed by atoms with Gasteiger partial charge >= 0.3 is 6.18 Å². The smallest absolute Gasteiger partial charge is 0.421 e. The highest BCUT2D eigenvalue weighted by Gasteiger charge is 2.40. The second-order valence-corrected chi connectivity index (χ2v) is 8.16. The van der Waals surface area contributed by atoms with E-state index in [9.17, 15) is 26.9 Å². The maximum absolute atomic E-state index is 13.4. The van der Waals surface area contributed by atoms with Crippen molar-refractivity contribution >= 4 is 28.5 Å². The van der Waals surface area contributed by atoms with Crippen molar-refractivity contribution in [2.75, 3.05) is 11.4 Å². The van der Waals surface area contributed by atoms with E-state index in [4.69, 9.17) is 11.6 Å². The van der Waals surface area contributed by atoms with Crippen LogP contribution in [0.15, 0.2) is 45.3 Å². The topological polar surface area (TPSA) is 89.9 Å². The van der Waals surface area contributed by atoms with E-state index in [2.05, 4.69) is 15.2 Å². The van der Waals surface area contributed by atoms with E-state index in [1.54, 1.807) is 9.47 Å². The third kappa shape index (κ3) is 3.66.